The second kappa shape index (κ2) is 6.47. The van der Waals surface area contributed by atoms with Crippen LogP contribution in [0.5, 0.6) is 5.88 Å². The molecule has 1 rings (SSSR count). The van der Waals surface area contributed by atoms with Crippen molar-refractivity contribution in [3.8, 4) is 5.88 Å². The number of ether oxygens (including phenoxy) is 1. The number of nitrogens with one attached hydrogen (secondary N) is 1. The lowest BCUT2D eigenvalue weighted by Gasteiger charge is -2.07. The summed E-state index contributed by atoms with van der Waals surface area (Å²) in [6.45, 7) is 3.02. The maximum Gasteiger partial charge on any atom is 0.219 e. The molecule has 0 aliphatic carbocycles. The van der Waals surface area contributed by atoms with Gasteiger partial charge in [0.05, 0.1) is 6.61 Å². The molecule has 0 atom stereocenters. The number of hydrogen-bond acceptors (Lipinski definition) is 6. The Morgan fingerprint density at radius 2 is 2.33 bits per heavy atom. The van der Waals surface area contributed by atoms with Gasteiger partial charge in [-0.1, -0.05) is 11.8 Å². The van der Waals surface area contributed by atoms with Crippen LogP contribution in [0.3, 0.4) is 0 Å². The predicted octanol–water partition coefficient (Wildman–Crippen LogP) is 1.00. The Bertz CT molecular complexity index is 309. The topological polar surface area (TPSA) is 67.3 Å². The molecule has 0 unspecified atom stereocenters. The van der Waals surface area contributed by atoms with Crippen molar-refractivity contribution in [2.24, 2.45) is 0 Å². The van der Waals surface area contributed by atoms with Gasteiger partial charge >= 0.3 is 0 Å². The van der Waals surface area contributed by atoms with Crippen LogP contribution in [0.4, 0.5) is 5.82 Å². The van der Waals surface area contributed by atoms with E-state index >= 15 is 0 Å². The van der Waals surface area contributed by atoms with Gasteiger partial charge in [0.25, 0.3) is 0 Å². The first-order chi connectivity index (χ1) is 7.30. The Hall–Kier alpha value is -1.01. The third kappa shape index (κ3) is 3.93. The molecule has 6 heteroatoms. The van der Waals surface area contributed by atoms with Crippen LogP contribution in [0.25, 0.3) is 0 Å². The summed E-state index contributed by atoms with van der Waals surface area (Å²) >= 11 is 1.45. The number of rotatable bonds is 6. The SMILES string of the molecule is CCNc1cc(OCCO)nc(SC)n1. The predicted molar refractivity (Wildman–Crippen MR) is 60.6 cm³/mol. The molecule has 0 bridgehead atoms. The fourth-order valence-corrected chi connectivity index (χ4v) is 1.36. The number of aliphatic hydroxyl groups excluding tert-OH is 1. The van der Waals surface area contributed by atoms with E-state index in [4.69, 9.17) is 9.84 Å². The van der Waals surface area contributed by atoms with Crippen molar-refractivity contribution in [1.29, 1.82) is 0 Å². The van der Waals surface area contributed by atoms with Crippen LogP contribution in [-0.4, -0.2) is 41.1 Å². The molecule has 0 amide bonds. The van der Waals surface area contributed by atoms with Gasteiger partial charge < -0.3 is 15.2 Å². The molecule has 0 saturated carbocycles. The summed E-state index contributed by atoms with van der Waals surface area (Å²) < 4.78 is 5.23. The van der Waals surface area contributed by atoms with E-state index in [2.05, 4.69) is 15.3 Å². The Morgan fingerprint density at radius 1 is 1.53 bits per heavy atom. The lowest BCUT2D eigenvalue weighted by atomic mass is 10.5. The number of nitrogens with zero attached hydrogens (tertiary/aromatic N) is 2. The van der Waals surface area contributed by atoms with Crippen LogP contribution >= 0.6 is 11.8 Å². The Morgan fingerprint density at radius 3 is 2.93 bits per heavy atom. The maximum absolute atomic E-state index is 8.64. The lowest BCUT2D eigenvalue weighted by molar-refractivity contribution is 0.195. The molecule has 0 saturated heterocycles. The molecule has 0 spiro atoms. The van der Waals surface area contributed by atoms with Gasteiger partial charge in [-0.15, -0.1) is 0 Å². The first kappa shape index (κ1) is 12.1. The highest BCUT2D eigenvalue weighted by atomic mass is 32.2. The van der Waals surface area contributed by atoms with E-state index in [0.29, 0.717) is 11.0 Å². The highest BCUT2D eigenvalue weighted by Crippen LogP contribution is 2.18. The number of aromatic nitrogens is 2. The molecule has 0 fully saturated rings. The summed E-state index contributed by atoms with van der Waals surface area (Å²) in [6.07, 6.45) is 1.90. The molecule has 2 N–H and O–H groups in total. The summed E-state index contributed by atoms with van der Waals surface area (Å²) in [5.74, 6) is 1.23. The van der Waals surface area contributed by atoms with Crippen LogP contribution in [0.15, 0.2) is 11.2 Å². The van der Waals surface area contributed by atoms with Crippen molar-refractivity contribution in [1.82, 2.24) is 9.97 Å². The summed E-state index contributed by atoms with van der Waals surface area (Å²) in [4.78, 5) is 8.40. The fourth-order valence-electron chi connectivity index (χ4n) is 0.991. The molecule has 1 aromatic heterocycles. The smallest absolute Gasteiger partial charge is 0.219 e. The standard InChI is InChI=1S/C9H15N3O2S/c1-3-10-7-6-8(14-5-4-13)12-9(11-7)15-2/h6,13H,3-5H2,1-2H3,(H,10,11,12). The van der Waals surface area contributed by atoms with E-state index in [0.717, 1.165) is 12.4 Å². The van der Waals surface area contributed by atoms with E-state index < -0.39 is 0 Å². The first-order valence-corrected chi connectivity index (χ1v) is 5.93. The molecule has 0 aromatic carbocycles. The van der Waals surface area contributed by atoms with E-state index in [9.17, 15) is 0 Å². The van der Waals surface area contributed by atoms with E-state index in [1.165, 1.54) is 11.8 Å². The van der Waals surface area contributed by atoms with Crippen LogP contribution in [-0.2, 0) is 0 Å². The van der Waals surface area contributed by atoms with Crippen molar-refractivity contribution >= 4 is 17.6 Å². The molecule has 1 heterocycles. The molecular formula is C9H15N3O2S. The van der Waals surface area contributed by atoms with Crippen LogP contribution in [0.1, 0.15) is 6.92 Å². The molecule has 1 aromatic rings. The molecule has 84 valence electrons. The van der Waals surface area contributed by atoms with Crippen molar-refractivity contribution in [2.45, 2.75) is 12.1 Å². The summed E-state index contributed by atoms with van der Waals surface area (Å²) in [7, 11) is 0. The van der Waals surface area contributed by atoms with Gasteiger partial charge in [-0.25, -0.2) is 4.98 Å². The van der Waals surface area contributed by atoms with Gasteiger partial charge in [0.15, 0.2) is 5.16 Å². The molecule has 0 aliphatic rings. The summed E-state index contributed by atoms with van der Waals surface area (Å²) in [5.41, 5.74) is 0. The Labute approximate surface area is 93.3 Å². The molecular weight excluding hydrogens is 214 g/mol. The van der Waals surface area contributed by atoms with Crippen LogP contribution < -0.4 is 10.1 Å². The minimum atomic E-state index is -0.0187. The quantitative estimate of drug-likeness (QED) is 0.560. The third-order valence-electron chi connectivity index (χ3n) is 1.56. The van der Waals surface area contributed by atoms with E-state index in [-0.39, 0.29) is 13.2 Å². The number of aliphatic hydroxyl groups is 1. The maximum atomic E-state index is 8.64. The Kier molecular flexibility index (Phi) is 5.20. The van der Waals surface area contributed by atoms with E-state index in [1.54, 1.807) is 6.07 Å². The third-order valence-corrected chi connectivity index (χ3v) is 2.11. The minimum Gasteiger partial charge on any atom is -0.475 e. The lowest BCUT2D eigenvalue weighted by Crippen LogP contribution is -2.06. The minimum absolute atomic E-state index is 0.0187. The number of anilines is 1. The van der Waals surface area contributed by atoms with Crippen molar-refractivity contribution < 1.29 is 9.84 Å². The zero-order valence-corrected chi connectivity index (χ0v) is 9.67. The van der Waals surface area contributed by atoms with Gasteiger partial charge in [0, 0.05) is 12.6 Å². The molecule has 0 radical (unpaired) electrons. The van der Waals surface area contributed by atoms with Gasteiger partial charge in [-0.3, -0.25) is 0 Å². The van der Waals surface area contributed by atoms with Crippen molar-refractivity contribution in [3.63, 3.8) is 0 Å². The zero-order chi connectivity index (χ0) is 11.1. The fraction of sp³-hybridized carbons (Fsp3) is 0.556. The first-order valence-electron chi connectivity index (χ1n) is 4.70. The highest BCUT2D eigenvalue weighted by Gasteiger charge is 2.03. The Balaban J connectivity index is 2.79. The monoisotopic (exact) mass is 229 g/mol. The van der Waals surface area contributed by atoms with Gasteiger partial charge in [-0.2, -0.15) is 4.98 Å². The van der Waals surface area contributed by atoms with Crippen LogP contribution in [0, 0.1) is 0 Å². The normalized spacial score (nSPS) is 10.1. The molecule has 5 nitrogen and oxygen atoms in total. The summed E-state index contributed by atoms with van der Waals surface area (Å²) in [5, 5.41) is 12.4. The number of hydrogen-bond donors (Lipinski definition) is 2. The van der Waals surface area contributed by atoms with Crippen LogP contribution in [0.2, 0.25) is 0 Å². The second-order valence-electron chi connectivity index (χ2n) is 2.68. The average molecular weight is 229 g/mol. The van der Waals surface area contributed by atoms with Crippen molar-refractivity contribution in [2.75, 3.05) is 31.3 Å². The largest absolute Gasteiger partial charge is 0.475 e. The highest BCUT2D eigenvalue weighted by molar-refractivity contribution is 7.98. The van der Waals surface area contributed by atoms with Gasteiger partial charge in [0.2, 0.25) is 5.88 Å². The zero-order valence-electron chi connectivity index (χ0n) is 8.86. The van der Waals surface area contributed by atoms with E-state index in [1.807, 2.05) is 13.2 Å². The van der Waals surface area contributed by atoms with Gasteiger partial charge in [0.1, 0.15) is 12.4 Å². The molecule has 0 aliphatic heterocycles. The summed E-state index contributed by atoms with van der Waals surface area (Å²) in [6, 6.07) is 1.72. The van der Waals surface area contributed by atoms with Crippen molar-refractivity contribution in [3.05, 3.63) is 6.07 Å². The average Bonchev–Trinajstić information content (AvgIpc) is 2.26. The molecule has 15 heavy (non-hydrogen) atoms. The second-order valence-corrected chi connectivity index (χ2v) is 3.45. The number of thioether (sulfide) groups is 1. The van der Waals surface area contributed by atoms with Gasteiger partial charge in [-0.05, 0) is 13.2 Å².